The summed E-state index contributed by atoms with van der Waals surface area (Å²) in [4.78, 5) is 11.7. The maximum atomic E-state index is 11.7. The van der Waals surface area contributed by atoms with Crippen molar-refractivity contribution >= 4 is 5.97 Å². The molecule has 0 saturated heterocycles. The molecule has 0 aliphatic rings. The Bertz CT molecular complexity index is 380. The highest BCUT2D eigenvalue weighted by Gasteiger charge is 2.23. The monoisotopic (exact) mass is 220 g/mol. The van der Waals surface area contributed by atoms with Crippen molar-refractivity contribution in [3.63, 3.8) is 0 Å². The first-order chi connectivity index (χ1) is 7.29. The second-order valence-corrected chi connectivity index (χ2v) is 4.76. The zero-order valence-corrected chi connectivity index (χ0v) is 9.99. The molecule has 0 bridgehead atoms. The Labute approximate surface area is 96.6 Å². The number of carbonyl (C=O) groups excluding carboxylic acids is 1. The van der Waals surface area contributed by atoms with Crippen molar-refractivity contribution < 1.29 is 9.53 Å². The third kappa shape index (κ3) is 3.66. The van der Waals surface area contributed by atoms with Crippen molar-refractivity contribution in [1.82, 2.24) is 0 Å². The predicted molar refractivity (Wildman–Crippen MR) is 63.7 cm³/mol. The van der Waals surface area contributed by atoms with Crippen molar-refractivity contribution in [2.24, 2.45) is 5.73 Å². The van der Waals surface area contributed by atoms with E-state index in [9.17, 15) is 4.79 Å². The van der Waals surface area contributed by atoms with Gasteiger partial charge < -0.3 is 10.5 Å². The van der Waals surface area contributed by atoms with Gasteiger partial charge in [0.1, 0.15) is 11.6 Å². The Morgan fingerprint density at radius 3 is 2.56 bits per heavy atom. The number of benzene rings is 1. The summed E-state index contributed by atoms with van der Waals surface area (Å²) in [6.45, 7) is 9.23. The zero-order chi connectivity index (χ0) is 12.3. The SMILES string of the molecule is [CH2]c1cccc(C(N)C(=O)OC(C)(C)C)c1. The number of hydrogen-bond acceptors (Lipinski definition) is 3. The molecule has 0 aliphatic heterocycles. The Morgan fingerprint density at radius 1 is 1.44 bits per heavy atom. The van der Waals surface area contributed by atoms with E-state index in [-0.39, 0.29) is 0 Å². The van der Waals surface area contributed by atoms with Crippen LogP contribution in [0.15, 0.2) is 24.3 Å². The van der Waals surface area contributed by atoms with Gasteiger partial charge in [0, 0.05) is 0 Å². The molecule has 1 unspecified atom stereocenters. The van der Waals surface area contributed by atoms with Crippen LogP contribution in [0, 0.1) is 6.92 Å². The van der Waals surface area contributed by atoms with Gasteiger partial charge in [0.2, 0.25) is 0 Å². The molecule has 2 N–H and O–H groups in total. The molecule has 1 atom stereocenters. The normalized spacial score (nSPS) is 13.3. The lowest BCUT2D eigenvalue weighted by Gasteiger charge is -2.22. The van der Waals surface area contributed by atoms with E-state index in [0.29, 0.717) is 0 Å². The van der Waals surface area contributed by atoms with Crippen molar-refractivity contribution in [2.45, 2.75) is 32.4 Å². The summed E-state index contributed by atoms with van der Waals surface area (Å²) >= 11 is 0. The van der Waals surface area contributed by atoms with Crippen LogP contribution < -0.4 is 5.73 Å². The first-order valence-electron chi connectivity index (χ1n) is 5.20. The van der Waals surface area contributed by atoms with E-state index in [1.807, 2.05) is 32.9 Å². The van der Waals surface area contributed by atoms with Gasteiger partial charge in [0.25, 0.3) is 0 Å². The third-order valence-corrected chi connectivity index (χ3v) is 1.97. The van der Waals surface area contributed by atoms with E-state index in [2.05, 4.69) is 6.92 Å². The van der Waals surface area contributed by atoms with Crippen molar-refractivity contribution in [3.8, 4) is 0 Å². The molecule has 1 radical (unpaired) electrons. The fourth-order valence-electron chi connectivity index (χ4n) is 1.29. The Balaban J connectivity index is 2.78. The average molecular weight is 220 g/mol. The summed E-state index contributed by atoms with van der Waals surface area (Å²) in [5.41, 5.74) is 6.85. The van der Waals surface area contributed by atoms with Gasteiger partial charge in [-0.1, -0.05) is 24.3 Å². The zero-order valence-electron chi connectivity index (χ0n) is 9.99. The number of ether oxygens (including phenoxy) is 1. The maximum absolute atomic E-state index is 11.7. The molecule has 0 amide bonds. The highest BCUT2D eigenvalue weighted by Crippen LogP contribution is 2.17. The molecule has 3 heteroatoms. The molecule has 1 rings (SSSR count). The minimum Gasteiger partial charge on any atom is -0.459 e. The fourth-order valence-corrected chi connectivity index (χ4v) is 1.29. The summed E-state index contributed by atoms with van der Waals surface area (Å²) in [6, 6.07) is 6.51. The van der Waals surface area contributed by atoms with E-state index < -0.39 is 17.6 Å². The molecule has 16 heavy (non-hydrogen) atoms. The van der Waals surface area contributed by atoms with Gasteiger partial charge in [-0.3, -0.25) is 0 Å². The van der Waals surface area contributed by atoms with Crippen LogP contribution >= 0.6 is 0 Å². The molecule has 0 aromatic heterocycles. The number of nitrogens with two attached hydrogens (primary N) is 1. The van der Waals surface area contributed by atoms with E-state index >= 15 is 0 Å². The minimum atomic E-state index is -0.749. The number of carbonyl (C=O) groups is 1. The summed E-state index contributed by atoms with van der Waals surface area (Å²) in [6.07, 6.45) is 0. The number of esters is 1. The quantitative estimate of drug-likeness (QED) is 0.777. The standard InChI is InChI=1S/C13H18NO2/c1-9-6-5-7-10(8-9)11(14)12(15)16-13(2,3)4/h5-8,11H,1,14H2,2-4H3. The van der Waals surface area contributed by atoms with Crippen LogP contribution in [0.5, 0.6) is 0 Å². The lowest BCUT2D eigenvalue weighted by Crippen LogP contribution is -2.31. The smallest absolute Gasteiger partial charge is 0.328 e. The molecule has 3 nitrogen and oxygen atoms in total. The third-order valence-electron chi connectivity index (χ3n) is 1.97. The van der Waals surface area contributed by atoms with Crippen molar-refractivity contribution in [1.29, 1.82) is 0 Å². The topological polar surface area (TPSA) is 52.3 Å². The Morgan fingerprint density at radius 2 is 2.06 bits per heavy atom. The lowest BCUT2D eigenvalue weighted by atomic mass is 10.1. The molecule has 0 aliphatic carbocycles. The van der Waals surface area contributed by atoms with Gasteiger partial charge in [-0.25, -0.2) is 4.79 Å². The lowest BCUT2D eigenvalue weighted by molar-refractivity contribution is -0.156. The van der Waals surface area contributed by atoms with Crippen LogP contribution in [0.4, 0.5) is 0 Å². The van der Waals surface area contributed by atoms with E-state index in [0.717, 1.165) is 11.1 Å². The van der Waals surface area contributed by atoms with Crippen LogP contribution in [0.25, 0.3) is 0 Å². The molecule has 87 valence electrons. The van der Waals surface area contributed by atoms with Gasteiger partial charge >= 0.3 is 5.97 Å². The maximum Gasteiger partial charge on any atom is 0.328 e. The molecule has 0 fully saturated rings. The average Bonchev–Trinajstić information content (AvgIpc) is 2.14. The summed E-state index contributed by atoms with van der Waals surface area (Å²) in [5, 5.41) is 0. The Hall–Kier alpha value is -1.35. The van der Waals surface area contributed by atoms with E-state index in [1.165, 1.54) is 0 Å². The fraction of sp³-hybridized carbons (Fsp3) is 0.385. The number of hydrogen-bond donors (Lipinski definition) is 1. The van der Waals surface area contributed by atoms with E-state index in [4.69, 9.17) is 10.5 Å². The molecule has 1 aromatic carbocycles. The van der Waals surface area contributed by atoms with Gasteiger partial charge in [0.15, 0.2) is 0 Å². The van der Waals surface area contributed by atoms with Crippen LogP contribution in [-0.2, 0) is 9.53 Å². The van der Waals surface area contributed by atoms with Gasteiger partial charge in [-0.15, -0.1) is 0 Å². The van der Waals surface area contributed by atoms with Gasteiger partial charge in [0.05, 0.1) is 0 Å². The second-order valence-electron chi connectivity index (χ2n) is 4.76. The Kier molecular flexibility index (Phi) is 3.70. The van der Waals surface area contributed by atoms with Crippen molar-refractivity contribution in [3.05, 3.63) is 42.3 Å². The second kappa shape index (κ2) is 4.66. The first kappa shape index (κ1) is 12.7. The summed E-state index contributed by atoms with van der Waals surface area (Å²) in [7, 11) is 0. The van der Waals surface area contributed by atoms with Crippen molar-refractivity contribution in [2.75, 3.05) is 0 Å². The number of rotatable bonds is 2. The summed E-state index contributed by atoms with van der Waals surface area (Å²) < 4.78 is 5.21. The molecule has 0 saturated carbocycles. The first-order valence-corrected chi connectivity index (χ1v) is 5.20. The highest BCUT2D eigenvalue weighted by molar-refractivity contribution is 5.77. The molecular weight excluding hydrogens is 202 g/mol. The summed E-state index contributed by atoms with van der Waals surface area (Å²) in [5.74, 6) is -0.418. The van der Waals surface area contributed by atoms with Gasteiger partial charge in [-0.2, -0.15) is 0 Å². The molecule has 0 heterocycles. The van der Waals surface area contributed by atoms with Crippen LogP contribution in [-0.4, -0.2) is 11.6 Å². The minimum absolute atomic E-state index is 0.418. The van der Waals surface area contributed by atoms with Crippen LogP contribution in [0.2, 0.25) is 0 Å². The highest BCUT2D eigenvalue weighted by atomic mass is 16.6. The largest absolute Gasteiger partial charge is 0.459 e. The van der Waals surface area contributed by atoms with Crippen LogP contribution in [0.3, 0.4) is 0 Å². The van der Waals surface area contributed by atoms with E-state index in [1.54, 1.807) is 12.1 Å². The molecule has 0 spiro atoms. The predicted octanol–water partition coefficient (Wildman–Crippen LogP) is 2.21. The molecule has 1 aromatic rings. The molecular formula is C13H18NO2. The van der Waals surface area contributed by atoms with Gasteiger partial charge in [-0.05, 0) is 38.8 Å². The van der Waals surface area contributed by atoms with Crippen LogP contribution in [0.1, 0.15) is 37.9 Å².